The van der Waals surface area contributed by atoms with Crippen LogP contribution in [0.1, 0.15) is 26.0 Å². The number of nitrogens with zero attached hydrogens (tertiary/aromatic N) is 3. The molecule has 98 valence electrons. The van der Waals surface area contributed by atoms with Crippen molar-refractivity contribution in [2.24, 2.45) is 5.92 Å². The van der Waals surface area contributed by atoms with Crippen molar-refractivity contribution < 1.29 is 0 Å². The Bertz CT molecular complexity index is 379. The summed E-state index contributed by atoms with van der Waals surface area (Å²) < 4.78 is 0. The van der Waals surface area contributed by atoms with Crippen LogP contribution >= 0.6 is 0 Å². The van der Waals surface area contributed by atoms with Crippen LogP contribution in [0.2, 0.25) is 0 Å². The molecule has 1 unspecified atom stereocenters. The molecule has 0 aliphatic carbocycles. The van der Waals surface area contributed by atoms with Gasteiger partial charge in [-0.3, -0.25) is 0 Å². The molecule has 1 aromatic rings. The van der Waals surface area contributed by atoms with E-state index in [-0.39, 0.29) is 0 Å². The summed E-state index contributed by atoms with van der Waals surface area (Å²) in [5.41, 5.74) is 1.43. The molecule has 0 aromatic carbocycles. The van der Waals surface area contributed by atoms with Gasteiger partial charge >= 0.3 is 0 Å². The lowest BCUT2D eigenvalue weighted by Crippen LogP contribution is -2.33. The summed E-state index contributed by atoms with van der Waals surface area (Å²) in [6, 6.07) is 6.07. The van der Waals surface area contributed by atoms with E-state index >= 15 is 0 Å². The minimum absolute atomic E-state index is 0.398. The van der Waals surface area contributed by atoms with Crippen LogP contribution in [0.15, 0.2) is 18.3 Å². The Balaban J connectivity index is 2.66. The van der Waals surface area contributed by atoms with E-state index in [1.807, 2.05) is 12.1 Å². The van der Waals surface area contributed by atoms with Crippen molar-refractivity contribution in [1.82, 2.24) is 9.88 Å². The third-order valence-corrected chi connectivity index (χ3v) is 2.59. The Morgan fingerprint density at radius 1 is 1.39 bits per heavy atom. The molecule has 1 rings (SSSR count). The first-order valence-electron chi connectivity index (χ1n) is 6.28. The zero-order valence-electron chi connectivity index (χ0n) is 11.6. The third kappa shape index (κ3) is 5.15. The molecule has 0 fully saturated rings. The van der Waals surface area contributed by atoms with Gasteiger partial charge in [0.25, 0.3) is 0 Å². The fourth-order valence-corrected chi connectivity index (χ4v) is 1.97. The highest BCUT2D eigenvalue weighted by molar-refractivity contribution is 5.43. The molecule has 1 atom stereocenters. The van der Waals surface area contributed by atoms with Gasteiger partial charge in [-0.25, -0.2) is 4.98 Å². The molecule has 4 heteroatoms. The molecule has 0 amide bonds. The van der Waals surface area contributed by atoms with Gasteiger partial charge in [-0.1, -0.05) is 13.8 Å². The van der Waals surface area contributed by atoms with Crippen molar-refractivity contribution >= 4 is 5.69 Å². The predicted molar refractivity (Wildman–Crippen MR) is 74.4 cm³/mol. The SMILES string of the molecule is CC(C)CC(CN(C)C)Nc1ccc(C#N)nc1. The zero-order chi connectivity index (χ0) is 13.5. The summed E-state index contributed by atoms with van der Waals surface area (Å²) in [5.74, 6) is 0.647. The van der Waals surface area contributed by atoms with E-state index in [9.17, 15) is 0 Å². The molecule has 0 aliphatic heterocycles. The monoisotopic (exact) mass is 246 g/mol. The molecule has 0 saturated carbocycles. The number of hydrogen-bond donors (Lipinski definition) is 1. The van der Waals surface area contributed by atoms with Crippen LogP contribution in [0.25, 0.3) is 0 Å². The van der Waals surface area contributed by atoms with Gasteiger partial charge < -0.3 is 10.2 Å². The maximum Gasteiger partial charge on any atom is 0.140 e. The van der Waals surface area contributed by atoms with E-state index in [2.05, 4.69) is 43.1 Å². The number of anilines is 1. The number of likely N-dealkylation sites (N-methyl/N-ethyl adjacent to an activating group) is 1. The highest BCUT2D eigenvalue weighted by Gasteiger charge is 2.12. The van der Waals surface area contributed by atoms with Crippen LogP contribution in [0.3, 0.4) is 0 Å². The summed E-state index contributed by atoms with van der Waals surface area (Å²) in [6.45, 7) is 5.43. The van der Waals surface area contributed by atoms with Crippen LogP contribution in [0, 0.1) is 17.2 Å². The molecule has 0 radical (unpaired) electrons. The lowest BCUT2D eigenvalue weighted by Gasteiger charge is -2.24. The molecule has 4 nitrogen and oxygen atoms in total. The molecule has 1 N–H and O–H groups in total. The Kier molecular flexibility index (Phi) is 5.60. The lowest BCUT2D eigenvalue weighted by atomic mass is 10.0. The molecule has 1 aromatic heterocycles. The Labute approximate surface area is 110 Å². The molecule has 18 heavy (non-hydrogen) atoms. The van der Waals surface area contributed by atoms with Crippen molar-refractivity contribution in [2.45, 2.75) is 26.3 Å². The minimum atomic E-state index is 0.398. The summed E-state index contributed by atoms with van der Waals surface area (Å²) in [6.07, 6.45) is 2.83. The lowest BCUT2D eigenvalue weighted by molar-refractivity contribution is 0.356. The quantitative estimate of drug-likeness (QED) is 0.837. The average Bonchev–Trinajstić information content (AvgIpc) is 2.28. The fraction of sp³-hybridized carbons (Fsp3) is 0.571. The maximum absolute atomic E-state index is 8.71. The molecule has 0 saturated heterocycles. The van der Waals surface area contributed by atoms with Crippen molar-refractivity contribution in [1.29, 1.82) is 5.26 Å². The second-order valence-corrected chi connectivity index (χ2v) is 5.28. The van der Waals surface area contributed by atoms with Crippen LogP contribution in [0.5, 0.6) is 0 Å². The number of aromatic nitrogens is 1. The average molecular weight is 246 g/mol. The van der Waals surface area contributed by atoms with E-state index < -0.39 is 0 Å². The summed E-state index contributed by atoms with van der Waals surface area (Å²) in [4.78, 5) is 6.25. The predicted octanol–water partition coefficient (Wildman–Crippen LogP) is 2.34. The van der Waals surface area contributed by atoms with Gasteiger partial charge in [-0.2, -0.15) is 5.26 Å². The third-order valence-electron chi connectivity index (χ3n) is 2.59. The van der Waals surface area contributed by atoms with Gasteiger partial charge in [-0.05, 0) is 38.6 Å². The highest BCUT2D eigenvalue weighted by Crippen LogP contribution is 2.13. The van der Waals surface area contributed by atoms with Gasteiger partial charge in [0.15, 0.2) is 0 Å². The first-order valence-corrected chi connectivity index (χ1v) is 6.28. The van der Waals surface area contributed by atoms with E-state index in [4.69, 9.17) is 5.26 Å². The number of rotatable bonds is 6. The molecule has 1 heterocycles. The van der Waals surface area contributed by atoms with Gasteiger partial charge in [0, 0.05) is 12.6 Å². The molecular formula is C14H22N4. The smallest absolute Gasteiger partial charge is 0.140 e. The van der Waals surface area contributed by atoms with Gasteiger partial charge in [0.1, 0.15) is 11.8 Å². The van der Waals surface area contributed by atoms with Crippen molar-refractivity contribution in [3.8, 4) is 6.07 Å². The largest absolute Gasteiger partial charge is 0.380 e. The van der Waals surface area contributed by atoms with Crippen molar-refractivity contribution in [3.05, 3.63) is 24.0 Å². The summed E-state index contributed by atoms with van der Waals surface area (Å²) in [5, 5.41) is 12.2. The molecule has 0 spiro atoms. The van der Waals surface area contributed by atoms with Crippen LogP contribution in [-0.4, -0.2) is 36.6 Å². The van der Waals surface area contributed by atoms with E-state index in [1.54, 1.807) is 12.3 Å². The van der Waals surface area contributed by atoms with Crippen LogP contribution < -0.4 is 5.32 Å². The van der Waals surface area contributed by atoms with Gasteiger partial charge in [0.2, 0.25) is 0 Å². The summed E-state index contributed by atoms with van der Waals surface area (Å²) >= 11 is 0. The van der Waals surface area contributed by atoms with Crippen molar-refractivity contribution in [2.75, 3.05) is 26.0 Å². The number of pyridine rings is 1. The molecule has 0 bridgehead atoms. The Morgan fingerprint density at radius 3 is 2.56 bits per heavy atom. The highest BCUT2D eigenvalue weighted by atomic mass is 15.1. The normalized spacial score (nSPS) is 12.5. The first kappa shape index (κ1) is 14.5. The molecule has 0 aliphatic rings. The standard InChI is InChI=1S/C14H22N4/c1-11(2)7-14(10-18(3)4)17-13-6-5-12(8-15)16-9-13/h5-6,9,11,14,17H,7,10H2,1-4H3. The Morgan fingerprint density at radius 2 is 2.11 bits per heavy atom. The topological polar surface area (TPSA) is 52.0 Å². The second-order valence-electron chi connectivity index (χ2n) is 5.28. The number of nitrogens with one attached hydrogen (secondary N) is 1. The van der Waals surface area contributed by atoms with Crippen LogP contribution in [0.4, 0.5) is 5.69 Å². The maximum atomic E-state index is 8.71. The van der Waals surface area contributed by atoms with Crippen LogP contribution in [-0.2, 0) is 0 Å². The van der Waals surface area contributed by atoms with Gasteiger partial charge in [-0.15, -0.1) is 0 Å². The van der Waals surface area contributed by atoms with Crippen molar-refractivity contribution in [3.63, 3.8) is 0 Å². The minimum Gasteiger partial charge on any atom is -0.380 e. The number of nitriles is 1. The Hall–Kier alpha value is -1.60. The second kappa shape index (κ2) is 6.97. The van der Waals surface area contributed by atoms with Gasteiger partial charge in [0.05, 0.1) is 11.9 Å². The fourth-order valence-electron chi connectivity index (χ4n) is 1.97. The van der Waals surface area contributed by atoms with E-state index in [1.165, 1.54) is 0 Å². The van der Waals surface area contributed by atoms with E-state index in [0.717, 1.165) is 18.7 Å². The first-order chi connectivity index (χ1) is 8.51. The number of hydrogen-bond acceptors (Lipinski definition) is 4. The summed E-state index contributed by atoms with van der Waals surface area (Å²) in [7, 11) is 4.15. The van der Waals surface area contributed by atoms with E-state index in [0.29, 0.717) is 17.7 Å². The molecular weight excluding hydrogens is 224 g/mol. The zero-order valence-corrected chi connectivity index (χ0v) is 11.6.